The molecule has 0 aliphatic carbocycles. The second-order valence-electron chi connectivity index (χ2n) is 6.18. The number of aliphatic carboxylic acids is 1. The van der Waals surface area contributed by atoms with E-state index in [4.69, 9.17) is 9.84 Å². The van der Waals surface area contributed by atoms with Crippen LogP contribution in [0.15, 0.2) is 41.3 Å². The van der Waals surface area contributed by atoms with Gasteiger partial charge in [-0.25, -0.2) is 13.2 Å². The van der Waals surface area contributed by atoms with Gasteiger partial charge in [0.25, 0.3) is 10.0 Å². The molecular formula is C17H16N2O6S. The fraction of sp³-hybridized carbons (Fsp3) is 0.294. The lowest BCUT2D eigenvalue weighted by molar-refractivity contribution is -0.159. The summed E-state index contributed by atoms with van der Waals surface area (Å²) in [5, 5.41) is 10.4. The molecule has 136 valence electrons. The fourth-order valence-electron chi connectivity index (χ4n) is 3.38. The van der Waals surface area contributed by atoms with Crippen LogP contribution < -0.4 is 4.31 Å². The van der Waals surface area contributed by atoms with Crippen molar-refractivity contribution in [2.45, 2.75) is 11.0 Å². The van der Waals surface area contributed by atoms with Crippen LogP contribution in [0.3, 0.4) is 0 Å². The molecule has 26 heavy (non-hydrogen) atoms. The number of nitrogens with zero attached hydrogens (tertiary/aromatic N) is 2. The standard InChI is InChI=1S/C17H16N2O6S/c20-15(18-7-8-25-13(9-18)17(21)22)10-19-12-5-1-3-11-4-2-6-14(16(11)12)26(19,23)24/h1-6,13H,7-10H2,(H,21,22). The van der Waals surface area contributed by atoms with Crippen molar-refractivity contribution in [3.63, 3.8) is 0 Å². The highest BCUT2D eigenvalue weighted by molar-refractivity contribution is 7.93. The molecule has 1 unspecified atom stereocenters. The summed E-state index contributed by atoms with van der Waals surface area (Å²) < 4.78 is 32.0. The second kappa shape index (κ2) is 5.96. The third-order valence-electron chi connectivity index (χ3n) is 4.65. The number of anilines is 1. The molecule has 1 atom stereocenters. The maximum absolute atomic E-state index is 12.9. The van der Waals surface area contributed by atoms with E-state index in [1.807, 2.05) is 12.1 Å². The van der Waals surface area contributed by atoms with Crippen molar-refractivity contribution in [1.29, 1.82) is 0 Å². The number of hydrogen-bond acceptors (Lipinski definition) is 5. The van der Waals surface area contributed by atoms with Crippen LogP contribution in [-0.2, 0) is 24.3 Å². The average molecular weight is 376 g/mol. The normalized spacial score (nSPS) is 21.2. The van der Waals surface area contributed by atoms with Gasteiger partial charge in [0.2, 0.25) is 5.91 Å². The summed E-state index contributed by atoms with van der Waals surface area (Å²) in [5.41, 5.74) is 0.467. The molecular weight excluding hydrogens is 360 g/mol. The van der Waals surface area contributed by atoms with Crippen LogP contribution in [0.1, 0.15) is 0 Å². The van der Waals surface area contributed by atoms with Crippen molar-refractivity contribution in [2.75, 3.05) is 30.5 Å². The van der Waals surface area contributed by atoms with E-state index in [0.717, 1.165) is 9.69 Å². The highest BCUT2D eigenvalue weighted by atomic mass is 32.2. The molecule has 0 bridgehead atoms. The molecule has 0 aromatic heterocycles. The van der Waals surface area contributed by atoms with E-state index in [1.165, 1.54) is 11.0 Å². The molecule has 0 radical (unpaired) electrons. The van der Waals surface area contributed by atoms with E-state index in [1.54, 1.807) is 18.2 Å². The molecule has 2 heterocycles. The number of hydrogen-bond donors (Lipinski definition) is 1. The molecule has 1 fully saturated rings. The van der Waals surface area contributed by atoms with Gasteiger partial charge < -0.3 is 14.7 Å². The number of ether oxygens (including phenoxy) is 1. The average Bonchev–Trinajstić information content (AvgIpc) is 2.85. The Morgan fingerprint density at radius 1 is 1.19 bits per heavy atom. The van der Waals surface area contributed by atoms with Crippen molar-refractivity contribution < 1.29 is 27.9 Å². The summed E-state index contributed by atoms with van der Waals surface area (Å²) in [5.74, 6) is -1.60. The molecule has 0 saturated carbocycles. The minimum absolute atomic E-state index is 0.0980. The number of amides is 1. The van der Waals surface area contributed by atoms with Crippen molar-refractivity contribution in [2.24, 2.45) is 0 Å². The van der Waals surface area contributed by atoms with E-state index in [0.29, 0.717) is 11.1 Å². The third-order valence-corrected chi connectivity index (χ3v) is 6.46. The number of morpholine rings is 1. The van der Waals surface area contributed by atoms with Gasteiger partial charge in [-0.15, -0.1) is 0 Å². The highest BCUT2D eigenvalue weighted by Gasteiger charge is 2.38. The van der Waals surface area contributed by atoms with Crippen molar-refractivity contribution >= 4 is 38.4 Å². The van der Waals surface area contributed by atoms with Crippen LogP contribution in [0.25, 0.3) is 10.8 Å². The zero-order valence-corrected chi connectivity index (χ0v) is 14.5. The van der Waals surface area contributed by atoms with Crippen molar-refractivity contribution in [1.82, 2.24) is 4.90 Å². The summed E-state index contributed by atoms with van der Waals surface area (Å²) in [6.07, 6.45) is -1.09. The third kappa shape index (κ3) is 2.51. The number of rotatable bonds is 3. The Morgan fingerprint density at radius 2 is 1.92 bits per heavy atom. The fourth-order valence-corrected chi connectivity index (χ4v) is 5.04. The molecule has 2 aliphatic rings. The lowest BCUT2D eigenvalue weighted by Crippen LogP contribution is -2.51. The molecule has 1 amide bonds. The van der Waals surface area contributed by atoms with Gasteiger partial charge in [0.1, 0.15) is 6.54 Å². The zero-order valence-electron chi connectivity index (χ0n) is 13.7. The number of sulfonamides is 1. The van der Waals surface area contributed by atoms with E-state index in [2.05, 4.69) is 0 Å². The van der Waals surface area contributed by atoms with Crippen molar-refractivity contribution in [3.05, 3.63) is 36.4 Å². The molecule has 2 aromatic rings. The lowest BCUT2D eigenvalue weighted by atomic mass is 10.1. The highest BCUT2D eigenvalue weighted by Crippen LogP contribution is 2.41. The quantitative estimate of drug-likeness (QED) is 0.844. The Morgan fingerprint density at radius 3 is 2.65 bits per heavy atom. The summed E-state index contributed by atoms with van der Waals surface area (Å²) >= 11 is 0. The first-order valence-electron chi connectivity index (χ1n) is 8.06. The summed E-state index contributed by atoms with van der Waals surface area (Å²) in [7, 11) is -3.82. The summed E-state index contributed by atoms with van der Waals surface area (Å²) in [6.45, 7) is -0.138. The van der Waals surface area contributed by atoms with Crippen LogP contribution in [0, 0.1) is 0 Å². The van der Waals surface area contributed by atoms with E-state index in [9.17, 15) is 18.0 Å². The van der Waals surface area contributed by atoms with Crippen LogP contribution in [0.4, 0.5) is 5.69 Å². The Bertz CT molecular complexity index is 1010. The van der Waals surface area contributed by atoms with Gasteiger partial charge in [0.05, 0.1) is 23.7 Å². The van der Waals surface area contributed by atoms with Gasteiger partial charge in [-0.3, -0.25) is 9.10 Å². The Kier molecular flexibility index (Phi) is 3.85. The van der Waals surface area contributed by atoms with Crippen LogP contribution in [-0.4, -0.2) is 62.6 Å². The van der Waals surface area contributed by atoms with Gasteiger partial charge >= 0.3 is 5.97 Å². The zero-order chi connectivity index (χ0) is 18.5. The maximum Gasteiger partial charge on any atom is 0.334 e. The Hall–Kier alpha value is -2.65. The second-order valence-corrected chi connectivity index (χ2v) is 8.01. The number of carboxylic acids is 1. The Balaban J connectivity index is 1.64. The number of carboxylic acid groups (broad SMARTS) is 1. The van der Waals surface area contributed by atoms with E-state index in [-0.39, 0.29) is 31.1 Å². The molecule has 9 heteroatoms. The van der Waals surface area contributed by atoms with Gasteiger partial charge in [0.15, 0.2) is 6.10 Å². The number of carbonyl (C=O) groups excluding carboxylic acids is 1. The monoisotopic (exact) mass is 376 g/mol. The molecule has 2 aromatic carbocycles. The van der Waals surface area contributed by atoms with Gasteiger partial charge in [-0.05, 0) is 17.5 Å². The molecule has 0 spiro atoms. The molecule has 8 nitrogen and oxygen atoms in total. The van der Waals surface area contributed by atoms with Crippen LogP contribution in [0.2, 0.25) is 0 Å². The molecule has 1 N–H and O–H groups in total. The minimum atomic E-state index is -3.82. The number of carbonyl (C=O) groups is 2. The van der Waals surface area contributed by atoms with Crippen molar-refractivity contribution in [3.8, 4) is 0 Å². The minimum Gasteiger partial charge on any atom is -0.479 e. The number of benzene rings is 2. The Labute approximate surface area is 149 Å². The first-order chi connectivity index (χ1) is 12.4. The summed E-state index contributed by atoms with van der Waals surface area (Å²) in [6, 6.07) is 10.3. The lowest BCUT2D eigenvalue weighted by Gasteiger charge is -2.32. The van der Waals surface area contributed by atoms with Gasteiger partial charge in [0, 0.05) is 11.9 Å². The first-order valence-corrected chi connectivity index (χ1v) is 9.50. The predicted octanol–water partition coefficient (Wildman–Crippen LogP) is 0.660. The molecule has 4 rings (SSSR count). The van der Waals surface area contributed by atoms with E-state index < -0.39 is 28.0 Å². The van der Waals surface area contributed by atoms with Gasteiger partial charge in [-0.2, -0.15) is 0 Å². The topological polar surface area (TPSA) is 104 Å². The smallest absolute Gasteiger partial charge is 0.334 e. The predicted molar refractivity (Wildman–Crippen MR) is 92.4 cm³/mol. The largest absolute Gasteiger partial charge is 0.479 e. The SMILES string of the molecule is O=C(O)C1CN(C(=O)CN2c3cccc4cccc(c34)S2(=O)=O)CCO1. The molecule has 2 aliphatic heterocycles. The maximum atomic E-state index is 12.9. The first kappa shape index (κ1) is 16.8. The van der Waals surface area contributed by atoms with E-state index >= 15 is 0 Å². The molecule has 1 saturated heterocycles. The van der Waals surface area contributed by atoms with Crippen LogP contribution >= 0.6 is 0 Å². The van der Waals surface area contributed by atoms with Gasteiger partial charge in [-0.1, -0.05) is 24.3 Å². The van der Waals surface area contributed by atoms with Crippen LogP contribution in [0.5, 0.6) is 0 Å². The summed E-state index contributed by atoms with van der Waals surface area (Å²) in [4.78, 5) is 25.2.